The molecule has 0 saturated carbocycles. The van der Waals surface area contributed by atoms with Gasteiger partial charge in [0.05, 0.1) is 6.54 Å². The van der Waals surface area contributed by atoms with Crippen LogP contribution in [-0.2, 0) is 21.4 Å². The Morgan fingerprint density at radius 2 is 1.56 bits per heavy atom. The van der Waals surface area contributed by atoms with Gasteiger partial charge in [-0.3, -0.25) is 9.59 Å². The minimum absolute atomic E-state index is 0.0576. The van der Waals surface area contributed by atoms with E-state index in [0.29, 0.717) is 12.3 Å². The highest BCUT2D eigenvalue weighted by atomic mass is 16.5. The number of para-hydroxylation sites is 1. The molecule has 0 radical (unpaired) electrons. The van der Waals surface area contributed by atoms with E-state index >= 15 is 0 Å². The third-order valence-corrected chi connectivity index (χ3v) is 4.08. The summed E-state index contributed by atoms with van der Waals surface area (Å²) in [4.78, 5) is 23.8. The van der Waals surface area contributed by atoms with E-state index in [1.54, 1.807) is 0 Å². The quantitative estimate of drug-likeness (QED) is 0.753. The summed E-state index contributed by atoms with van der Waals surface area (Å²) in [6.07, 6.45) is 0.757. The van der Waals surface area contributed by atoms with Crippen LogP contribution in [0.15, 0.2) is 54.6 Å². The number of benzene rings is 2. The Morgan fingerprint density at radius 3 is 2.26 bits per heavy atom. The molecule has 0 bridgehead atoms. The third-order valence-electron chi connectivity index (χ3n) is 4.08. The molecule has 0 fully saturated rings. The molecule has 0 spiro atoms. The molecule has 2 aromatic carbocycles. The highest BCUT2D eigenvalue weighted by molar-refractivity contribution is 5.85. The van der Waals surface area contributed by atoms with Crippen LogP contribution in [0, 0.1) is 0 Å². The van der Waals surface area contributed by atoms with Crippen LogP contribution >= 0.6 is 0 Å². The van der Waals surface area contributed by atoms with E-state index in [9.17, 15) is 9.59 Å². The Balaban J connectivity index is 1.70. The fourth-order valence-electron chi connectivity index (χ4n) is 2.64. The fraction of sp³-hybridized carbons (Fsp3) is 0.364. The zero-order valence-corrected chi connectivity index (χ0v) is 16.2. The van der Waals surface area contributed by atoms with Crippen molar-refractivity contribution in [2.45, 2.75) is 32.6 Å². The molecule has 2 rings (SSSR count). The lowest BCUT2D eigenvalue weighted by atomic mass is 9.86. The van der Waals surface area contributed by atoms with Crippen LogP contribution < -0.4 is 15.4 Å². The molecule has 2 amide bonds. The summed E-state index contributed by atoms with van der Waals surface area (Å²) in [7, 11) is 0. The summed E-state index contributed by atoms with van der Waals surface area (Å²) in [5.41, 5.74) is 2.12. The number of nitrogens with one attached hydrogen (secondary N) is 2. The Morgan fingerprint density at radius 1 is 0.889 bits per heavy atom. The molecule has 0 aliphatic heterocycles. The predicted molar refractivity (Wildman–Crippen MR) is 107 cm³/mol. The van der Waals surface area contributed by atoms with E-state index in [1.165, 1.54) is 0 Å². The first-order chi connectivity index (χ1) is 12.9. The van der Waals surface area contributed by atoms with E-state index < -0.39 is 0 Å². The molecule has 27 heavy (non-hydrogen) atoms. The first-order valence-electron chi connectivity index (χ1n) is 9.16. The summed E-state index contributed by atoms with van der Waals surface area (Å²) >= 11 is 0. The topological polar surface area (TPSA) is 67.4 Å². The molecule has 144 valence electrons. The van der Waals surface area contributed by atoms with E-state index in [-0.39, 0.29) is 30.4 Å². The van der Waals surface area contributed by atoms with E-state index in [4.69, 9.17) is 4.74 Å². The van der Waals surface area contributed by atoms with E-state index in [0.717, 1.165) is 17.5 Å². The number of carbonyl (C=O) groups excluding carboxylic acids is 2. The van der Waals surface area contributed by atoms with Crippen molar-refractivity contribution in [1.82, 2.24) is 10.6 Å². The van der Waals surface area contributed by atoms with Crippen molar-refractivity contribution in [1.29, 1.82) is 0 Å². The molecule has 0 aliphatic carbocycles. The van der Waals surface area contributed by atoms with Gasteiger partial charge < -0.3 is 15.4 Å². The summed E-state index contributed by atoms with van der Waals surface area (Å²) in [6, 6.07) is 17.6. The smallest absolute Gasteiger partial charge is 0.258 e. The van der Waals surface area contributed by atoms with Crippen LogP contribution in [0.3, 0.4) is 0 Å². The molecule has 0 unspecified atom stereocenters. The molecule has 0 aliphatic rings. The fourth-order valence-corrected chi connectivity index (χ4v) is 2.64. The van der Waals surface area contributed by atoms with Gasteiger partial charge in [-0.05, 0) is 29.0 Å². The molecule has 0 heterocycles. The van der Waals surface area contributed by atoms with Gasteiger partial charge in [0, 0.05) is 6.54 Å². The molecule has 2 aromatic rings. The summed E-state index contributed by atoms with van der Waals surface area (Å²) in [6.45, 7) is 6.63. The van der Waals surface area contributed by atoms with Crippen molar-refractivity contribution < 1.29 is 14.3 Å². The zero-order valence-electron chi connectivity index (χ0n) is 16.2. The first-order valence-corrected chi connectivity index (χ1v) is 9.16. The first kappa shape index (κ1) is 20.5. The Labute approximate surface area is 161 Å². The minimum atomic E-state index is -0.322. The number of hydrogen-bond donors (Lipinski definition) is 2. The molecule has 5 nitrogen and oxygen atoms in total. The maximum atomic E-state index is 12.0. The van der Waals surface area contributed by atoms with Crippen LogP contribution in [0.2, 0.25) is 0 Å². The molecule has 2 N–H and O–H groups in total. The Kier molecular flexibility index (Phi) is 7.41. The SMILES string of the molecule is CC(C)(C)c1ccccc1OCC(=O)NCC(=O)NCCc1ccccc1. The molecular formula is C22H28N2O3. The number of ether oxygens (including phenoxy) is 1. The highest BCUT2D eigenvalue weighted by Gasteiger charge is 2.18. The average Bonchev–Trinajstić information content (AvgIpc) is 2.65. The minimum Gasteiger partial charge on any atom is -0.483 e. The average molecular weight is 368 g/mol. The van der Waals surface area contributed by atoms with Gasteiger partial charge in [0.25, 0.3) is 5.91 Å². The van der Waals surface area contributed by atoms with Crippen molar-refractivity contribution in [3.8, 4) is 5.75 Å². The third kappa shape index (κ3) is 7.13. The van der Waals surface area contributed by atoms with Crippen molar-refractivity contribution >= 4 is 11.8 Å². The van der Waals surface area contributed by atoms with Crippen LogP contribution in [0.1, 0.15) is 31.9 Å². The lowest BCUT2D eigenvalue weighted by Gasteiger charge is -2.22. The van der Waals surface area contributed by atoms with Crippen molar-refractivity contribution in [2.24, 2.45) is 0 Å². The number of amides is 2. The van der Waals surface area contributed by atoms with Crippen molar-refractivity contribution in [2.75, 3.05) is 19.7 Å². The summed E-state index contributed by atoms with van der Waals surface area (Å²) < 4.78 is 5.65. The van der Waals surface area contributed by atoms with Gasteiger partial charge in [0.15, 0.2) is 6.61 Å². The largest absolute Gasteiger partial charge is 0.483 e. The maximum absolute atomic E-state index is 12.0. The van der Waals surface area contributed by atoms with Gasteiger partial charge in [-0.15, -0.1) is 0 Å². The van der Waals surface area contributed by atoms with Crippen LogP contribution in [0.5, 0.6) is 5.75 Å². The van der Waals surface area contributed by atoms with Gasteiger partial charge in [0.1, 0.15) is 5.75 Å². The molecule has 5 heteroatoms. The highest BCUT2D eigenvalue weighted by Crippen LogP contribution is 2.30. The lowest BCUT2D eigenvalue weighted by molar-refractivity contribution is -0.127. The number of carbonyl (C=O) groups is 2. The standard InChI is InChI=1S/C22H28N2O3/c1-22(2,3)18-11-7-8-12-19(18)27-16-21(26)24-15-20(25)23-14-13-17-9-5-4-6-10-17/h4-12H,13-16H2,1-3H3,(H,23,25)(H,24,26). The van der Waals surface area contributed by atoms with Gasteiger partial charge in [0.2, 0.25) is 5.91 Å². The number of hydrogen-bond acceptors (Lipinski definition) is 3. The monoisotopic (exact) mass is 368 g/mol. The summed E-state index contributed by atoms with van der Waals surface area (Å²) in [5, 5.41) is 5.38. The second-order valence-corrected chi connectivity index (χ2v) is 7.40. The molecule has 0 atom stereocenters. The van der Waals surface area contributed by atoms with Crippen LogP contribution in [0.25, 0.3) is 0 Å². The molecule has 0 aromatic heterocycles. The van der Waals surface area contributed by atoms with Crippen molar-refractivity contribution in [3.63, 3.8) is 0 Å². The van der Waals surface area contributed by atoms with Crippen LogP contribution in [0.4, 0.5) is 0 Å². The molecule has 0 saturated heterocycles. The molecular weight excluding hydrogens is 340 g/mol. The second kappa shape index (κ2) is 9.76. The van der Waals surface area contributed by atoms with Gasteiger partial charge in [-0.2, -0.15) is 0 Å². The zero-order chi connectivity index (χ0) is 19.7. The van der Waals surface area contributed by atoms with Crippen molar-refractivity contribution in [3.05, 3.63) is 65.7 Å². The summed E-state index contributed by atoms with van der Waals surface area (Å²) in [5.74, 6) is 0.152. The van der Waals surface area contributed by atoms with E-state index in [2.05, 4.69) is 31.4 Å². The number of rotatable bonds is 8. The second-order valence-electron chi connectivity index (χ2n) is 7.40. The van der Waals surface area contributed by atoms with Gasteiger partial charge in [-0.1, -0.05) is 69.3 Å². The maximum Gasteiger partial charge on any atom is 0.258 e. The lowest BCUT2D eigenvalue weighted by Crippen LogP contribution is -2.39. The Hall–Kier alpha value is -2.82. The van der Waals surface area contributed by atoms with Crippen LogP contribution in [-0.4, -0.2) is 31.5 Å². The predicted octanol–water partition coefficient (Wildman–Crippen LogP) is 2.84. The Bertz CT molecular complexity index is 752. The van der Waals surface area contributed by atoms with E-state index in [1.807, 2.05) is 54.6 Å². The van der Waals surface area contributed by atoms with Gasteiger partial charge in [-0.25, -0.2) is 0 Å². The van der Waals surface area contributed by atoms with Gasteiger partial charge >= 0.3 is 0 Å². The normalized spacial score (nSPS) is 10.9.